The van der Waals surface area contributed by atoms with Crippen LogP contribution in [0.4, 0.5) is 5.69 Å². The number of aryl methyl sites for hydroxylation is 1. The van der Waals surface area contributed by atoms with Crippen molar-refractivity contribution in [3.05, 3.63) is 76.6 Å². The van der Waals surface area contributed by atoms with Gasteiger partial charge in [0.05, 0.1) is 11.4 Å². The number of hydrogen-bond acceptors (Lipinski definition) is 5. The lowest BCUT2D eigenvalue weighted by Crippen LogP contribution is -2.19. The second-order valence-electron chi connectivity index (χ2n) is 6.64. The van der Waals surface area contributed by atoms with E-state index in [1.54, 1.807) is 0 Å². The molecule has 0 spiro atoms. The Morgan fingerprint density at radius 1 is 1.03 bits per heavy atom. The molecule has 3 amide bonds. The van der Waals surface area contributed by atoms with E-state index in [-0.39, 0.29) is 28.5 Å². The fraction of sp³-hybridized carbons (Fsp3) is 0.143. The van der Waals surface area contributed by atoms with Crippen LogP contribution in [0.3, 0.4) is 0 Å². The third kappa shape index (κ3) is 5.48. The van der Waals surface area contributed by atoms with Gasteiger partial charge in [0, 0.05) is 28.9 Å². The number of amides is 3. The van der Waals surface area contributed by atoms with Crippen molar-refractivity contribution in [1.82, 2.24) is 9.97 Å². The van der Waals surface area contributed by atoms with Crippen LogP contribution in [-0.4, -0.2) is 33.4 Å². The Hall–Kier alpha value is -3.59. The van der Waals surface area contributed by atoms with Crippen LogP contribution in [0.15, 0.2) is 53.7 Å². The highest BCUT2D eigenvalue weighted by Crippen LogP contribution is 2.20. The summed E-state index contributed by atoms with van der Waals surface area (Å²) in [5.41, 5.74) is 14.0. The van der Waals surface area contributed by atoms with Crippen molar-refractivity contribution in [3.63, 3.8) is 0 Å². The SMILES string of the molecule is Cc1[nH]c(SCC(=O)Nc2cc(C(N)=O)cc(C(N)=O)c2)nc1Cc1ccccc1. The number of benzene rings is 2. The molecule has 0 bridgehead atoms. The van der Waals surface area contributed by atoms with Crippen LogP contribution in [0.2, 0.25) is 0 Å². The number of aromatic nitrogens is 2. The first-order valence-corrected chi connectivity index (χ1v) is 10.1. The van der Waals surface area contributed by atoms with Crippen LogP contribution in [-0.2, 0) is 11.2 Å². The summed E-state index contributed by atoms with van der Waals surface area (Å²) in [6.45, 7) is 1.94. The number of rotatable bonds is 8. The molecule has 154 valence electrons. The van der Waals surface area contributed by atoms with Gasteiger partial charge < -0.3 is 21.8 Å². The van der Waals surface area contributed by atoms with Gasteiger partial charge in [-0.3, -0.25) is 14.4 Å². The van der Waals surface area contributed by atoms with E-state index in [0.717, 1.165) is 17.0 Å². The van der Waals surface area contributed by atoms with Crippen molar-refractivity contribution in [2.75, 3.05) is 11.1 Å². The van der Waals surface area contributed by atoms with Gasteiger partial charge in [0.2, 0.25) is 17.7 Å². The van der Waals surface area contributed by atoms with E-state index in [9.17, 15) is 14.4 Å². The number of primary amides is 2. The average Bonchev–Trinajstić information content (AvgIpc) is 3.06. The molecule has 1 aromatic heterocycles. The Labute approximate surface area is 177 Å². The third-order valence-corrected chi connectivity index (χ3v) is 5.18. The summed E-state index contributed by atoms with van der Waals surface area (Å²) in [5.74, 6) is -1.68. The number of aromatic amines is 1. The lowest BCUT2D eigenvalue weighted by atomic mass is 10.1. The van der Waals surface area contributed by atoms with Gasteiger partial charge in [-0.2, -0.15) is 0 Å². The summed E-state index contributed by atoms with van der Waals surface area (Å²) in [6, 6.07) is 14.1. The Morgan fingerprint density at radius 2 is 1.67 bits per heavy atom. The molecule has 0 saturated heterocycles. The number of nitrogens with zero attached hydrogens (tertiary/aromatic N) is 1. The molecule has 9 heteroatoms. The normalized spacial score (nSPS) is 10.6. The molecule has 0 atom stereocenters. The minimum absolute atomic E-state index is 0.0847. The molecule has 0 aliphatic rings. The largest absolute Gasteiger partial charge is 0.366 e. The Kier molecular flexibility index (Phi) is 6.53. The lowest BCUT2D eigenvalue weighted by molar-refractivity contribution is -0.113. The first-order chi connectivity index (χ1) is 14.3. The standard InChI is InChI=1S/C21H21N5O3S/c1-12-17(7-13-5-3-2-4-6-13)26-21(24-12)30-11-18(27)25-16-9-14(19(22)28)8-15(10-16)20(23)29/h2-6,8-10H,7,11H2,1H3,(H2,22,28)(H2,23,29)(H,24,26)(H,25,27). The molecule has 30 heavy (non-hydrogen) atoms. The highest BCUT2D eigenvalue weighted by molar-refractivity contribution is 7.99. The monoisotopic (exact) mass is 423 g/mol. The molecule has 0 aliphatic heterocycles. The molecule has 3 rings (SSSR count). The number of nitrogens with two attached hydrogens (primary N) is 2. The van der Waals surface area contributed by atoms with Gasteiger partial charge in [0.1, 0.15) is 0 Å². The zero-order valence-electron chi connectivity index (χ0n) is 16.3. The third-order valence-electron chi connectivity index (χ3n) is 4.30. The molecule has 6 N–H and O–H groups in total. The number of anilines is 1. The number of thioether (sulfide) groups is 1. The van der Waals surface area contributed by atoms with Crippen molar-refractivity contribution in [1.29, 1.82) is 0 Å². The molecule has 0 saturated carbocycles. The molecule has 0 unspecified atom stereocenters. The summed E-state index contributed by atoms with van der Waals surface area (Å²) < 4.78 is 0. The van der Waals surface area contributed by atoms with Gasteiger partial charge in [-0.1, -0.05) is 42.1 Å². The summed E-state index contributed by atoms with van der Waals surface area (Å²) in [4.78, 5) is 42.9. The number of carbonyl (C=O) groups is 3. The second-order valence-corrected chi connectivity index (χ2v) is 7.60. The number of nitrogens with one attached hydrogen (secondary N) is 2. The quantitative estimate of drug-likeness (QED) is 0.411. The van der Waals surface area contributed by atoms with Crippen molar-refractivity contribution in [2.45, 2.75) is 18.5 Å². The number of carbonyl (C=O) groups excluding carboxylic acids is 3. The summed E-state index contributed by atoms with van der Waals surface area (Å²) >= 11 is 1.25. The maximum atomic E-state index is 12.3. The average molecular weight is 423 g/mol. The second kappa shape index (κ2) is 9.27. The van der Waals surface area contributed by atoms with Gasteiger partial charge in [0.25, 0.3) is 0 Å². The smallest absolute Gasteiger partial charge is 0.248 e. The van der Waals surface area contributed by atoms with E-state index in [4.69, 9.17) is 11.5 Å². The summed E-state index contributed by atoms with van der Waals surface area (Å²) in [7, 11) is 0. The summed E-state index contributed by atoms with van der Waals surface area (Å²) in [6.07, 6.45) is 0.700. The molecule has 0 aliphatic carbocycles. The minimum Gasteiger partial charge on any atom is -0.366 e. The predicted octanol–water partition coefficient (Wildman–Crippen LogP) is 2.24. The van der Waals surface area contributed by atoms with Crippen molar-refractivity contribution in [3.8, 4) is 0 Å². The highest BCUT2D eigenvalue weighted by atomic mass is 32.2. The Bertz CT molecular complexity index is 1060. The number of imidazole rings is 1. The van der Waals surface area contributed by atoms with Gasteiger partial charge in [-0.05, 0) is 30.7 Å². The molecule has 0 radical (unpaired) electrons. The molecule has 3 aromatic rings. The molecule has 0 fully saturated rings. The maximum Gasteiger partial charge on any atom is 0.248 e. The van der Waals surface area contributed by atoms with E-state index in [2.05, 4.69) is 15.3 Å². The minimum atomic E-state index is -0.722. The van der Waals surface area contributed by atoms with Crippen LogP contribution < -0.4 is 16.8 Å². The van der Waals surface area contributed by atoms with Crippen molar-refractivity contribution < 1.29 is 14.4 Å². The first-order valence-electron chi connectivity index (χ1n) is 9.08. The van der Waals surface area contributed by atoms with Crippen LogP contribution in [0.5, 0.6) is 0 Å². The van der Waals surface area contributed by atoms with E-state index >= 15 is 0 Å². The Balaban J connectivity index is 1.63. The molecular weight excluding hydrogens is 402 g/mol. The number of hydrogen-bond donors (Lipinski definition) is 4. The van der Waals surface area contributed by atoms with Crippen LogP contribution in [0, 0.1) is 6.92 Å². The van der Waals surface area contributed by atoms with E-state index in [1.165, 1.54) is 30.0 Å². The van der Waals surface area contributed by atoms with Crippen molar-refractivity contribution in [2.24, 2.45) is 11.5 Å². The summed E-state index contributed by atoms with van der Waals surface area (Å²) in [5, 5.41) is 3.28. The van der Waals surface area contributed by atoms with E-state index in [0.29, 0.717) is 11.6 Å². The van der Waals surface area contributed by atoms with Gasteiger partial charge in [-0.15, -0.1) is 0 Å². The Morgan fingerprint density at radius 3 is 2.27 bits per heavy atom. The first kappa shape index (κ1) is 21.1. The highest BCUT2D eigenvalue weighted by Gasteiger charge is 2.13. The van der Waals surface area contributed by atoms with Gasteiger partial charge in [0.15, 0.2) is 5.16 Å². The van der Waals surface area contributed by atoms with Crippen LogP contribution in [0.1, 0.15) is 37.7 Å². The zero-order valence-corrected chi connectivity index (χ0v) is 17.1. The van der Waals surface area contributed by atoms with Gasteiger partial charge >= 0.3 is 0 Å². The fourth-order valence-electron chi connectivity index (χ4n) is 2.81. The van der Waals surface area contributed by atoms with Crippen molar-refractivity contribution >= 4 is 35.2 Å². The van der Waals surface area contributed by atoms with E-state index < -0.39 is 11.8 Å². The van der Waals surface area contributed by atoms with Crippen LogP contribution in [0.25, 0.3) is 0 Å². The topological polar surface area (TPSA) is 144 Å². The number of H-pyrrole nitrogens is 1. The van der Waals surface area contributed by atoms with Gasteiger partial charge in [-0.25, -0.2) is 4.98 Å². The molecule has 2 aromatic carbocycles. The van der Waals surface area contributed by atoms with Crippen LogP contribution >= 0.6 is 11.8 Å². The zero-order chi connectivity index (χ0) is 21.7. The molecule has 8 nitrogen and oxygen atoms in total. The maximum absolute atomic E-state index is 12.3. The van der Waals surface area contributed by atoms with E-state index in [1.807, 2.05) is 37.3 Å². The predicted molar refractivity (Wildman–Crippen MR) is 115 cm³/mol. The molecule has 1 heterocycles. The lowest BCUT2D eigenvalue weighted by Gasteiger charge is -2.08. The fourth-order valence-corrected chi connectivity index (χ4v) is 3.55. The molecular formula is C21H21N5O3S.